The van der Waals surface area contributed by atoms with E-state index in [1.54, 1.807) is 24.3 Å². The Labute approximate surface area is 108 Å². The molecule has 0 saturated heterocycles. The molecule has 0 aliphatic carbocycles. The lowest BCUT2D eigenvalue weighted by atomic mass is 10.2. The number of nitro groups is 1. The number of nitrogens with zero attached hydrogens (tertiary/aromatic N) is 1. The van der Waals surface area contributed by atoms with Gasteiger partial charge in [-0.3, -0.25) is 10.1 Å². The van der Waals surface area contributed by atoms with Gasteiger partial charge in [-0.1, -0.05) is 24.3 Å². The van der Waals surface area contributed by atoms with E-state index in [0.29, 0.717) is 11.4 Å². The Kier molecular flexibility index (Phi) is 3.61. The van der Waals surface area contributed by atoms with Crippen LogP contribution in [0.5, 0.6) is 5.75 Å². The van der Waals surface area contributed by atoms with Gasteiger partial charge in [0.05, 0.1) is 10.6 Å². The third kappa shape index (κ3) is 2.79. The van der Waals surface area contributed by atoms with Crippen molar-refractivity contribution in [2.24, 2.45) is 0 Å². The predicted molar refractivity (Wildman–Crippen MR) is 68.2 cm³/mol. The summed E-state index contributed by atoms with van der Waals surface area (Å²) in [4.78, 5) is 9.84. The van der Waals surface area contributed by atoms with Crippen LogP contribution in [0.1, 0.15) is 5.56 Å². The Balaban J connectivity index is 2.19. The van der Waals surface area contributed by atoms with Gasteiger partial charge in [0.25, 0.3) is 0 Å². The molecule has 0 aromatic heterocycles. The average molecular weight is 262 g/mol. The molecule has 2 aromatic rings. The minimum atomic E-state index is -0.887. The van der Waals surface area contributed by atoms with Crippen LogP contribution in [-0.2, 0) is 6.61 Å². The van der Waals surface area contributed by atoms with E-state index >= 15 is 0 Å². The number of hydrogen-bond donors (Lipinski definition) is 1. The number of nitro benzene ring substituents is 1. The summed E-state index contributed by atoms with van der Waals surface area (Å²) >= 11 is 0. The topological polar surface area (TPSA) is 78.4 Å². The van der Waals surface area contributed by atoms with E-state index in [4.69, 9.17) is 10.5 Å². The van der Waals surface area contributed by atoms with Gasteiger partial charge in [0.1, 0.15) is 12.4 Å². The molecule has 6 heteroatoms. The molecule has 0 saturated carbocycles. The molecule has 2 N–H and O–H groups in total. The SMILES string of the molecule is Nc1ccccc1OCc1cccc([N+](=O)[O-])c1F. The second kappa shape index (κ2) is 5.34. The second-order valence-corrected chi connectivity index (χ2v) is 3.83. The molecule has 0 aliphatic rings. The van der Waals surface area contributed by atoms with Crippen LogP contribution >= 0.6 is 0 Å². The molecule has 0 radical (unpaired) electrons. The fraction of sp³-hybridized carbons (Fsp3) is 0.0769. The van der Waals surface area contributed by atoms with Crippen LogP contribution in [0.15, 0.2) is 42.5 Å². The van der Waals surface area contributed by atoms with Crippen LogP contribution in [0.3, 0.4) is 0 Å². The van der Waals surface area contributed by atoms with Crippen LogP contribution in [-0.4, -0.2) is 4.92 Å². The molecule has 2 rings (SSSR count). The molecule has 0 amide bonds. The van der Waals surface area contributed by atoms with Gasteiger partial charge in [0, 0.05) is 11.6 Å². The molecular weight excluding hydrogens is 251 g/mol. The summed E-state index contributed by atoms with van der Waals surface area (Å²) < 4.78 is 19.1. The highest BCUT2D eigenvalue weighted by Crippen LogP contribution is 2.24. The van der Waals surface area contributed by atoms with Gasteiger partial charge in [0.15, 0.2) is 0 Å². The van der Waals surface area contributed by atoms with Crippen molar-refractivity contribution >= 4 is 11.4 Å². The molecule has 98 valence electrons. The summed E-state index contributed by atoms with van der Waals surface area (Å²) in [6, 6.07) is 10.7. The average Bonchev–Trinajstić information content (AvgIpc) is 2.39. The monoisotopic (exact) mass is 262 g/mol. The van der Waals surface area contributed by atoms with Crippen molar-refractivity contribution in [1.82, 2.24) is 0 Å². The summed E-state index contributed by atoms with van der Waals surface area (Å²) in [6.45, 7) is -0.123. The summed E-state index contributed by atoms with van der Waals surface area (Å²) in [6.07, 6.45) is 0. The third-order valence-corrected chi connectivity index (χ3v) is 2.56. The van der Waals surface area contributed by atoms with Gasteiger partial charge in [-0.2, -0.15) is 4.39 Å². The first kappa shape index (κ1) is 12.8. The van der Waals surface area contributed by atoms with Crippen molar-refractivity contribution in [3.63, 3.8) is 0 Å². The van der Waals surface area contributed by atoms with E-state index in [2.05, 4.69) is 0 Å². The number of nitrogens with two attached hydrogens (primary N) is 1. The van der Waals surface area contributed by atoms with Crippen LogP contribution in [0.2, 0.25) is 0 Å². The maximum atomic E-state index is 13.8. The van der Waals surface area contributed by atoms with E-state index in [1.165, 1.54) is 12.1 Å². The van der Waals surface area contributed by atoms with Crippen LogP contribution in [0.4, 0.5) is 15.8 Å². The maximum Gasteiger partial charge on any atom is 0.305 e. The minimum absolute atomic E-state index is 0.109. The molecular formula is C13H11FN2O3. The van der Waals surface area contributed by atoms with Crippen molar-refractivity contribution in [1.29, 1.82) is 0 Å². The first-order valence-electron chi connectivity index (χ1n) is 5.48. The zero-order valence-corrected chi connectivity index (χ0v) is 9.88. The number of halogens is 1. The van der Waals surface area contributed by atoms with Crippen LogP contribution in [0.25, 0.3) is 0 Å². The summed E-state index contributed by atoms with van der Waals surface area (Å²) in [5.41, 5.74) is 5.64. The number of benzene rings is 2. The van der Waals surface area contributed by atoms with E-state index in [9.17, 15) is 14.5 Å². The van der Waals surface area contributed by atoms with Crippen molar-refractivity contribution in [2.75, 3.05) is 5.73 Å². The number of nitrogen functional groups attached to an aromatic ring is 1. The normalized spacial score (nSPS) is 10.2. The van der Waals surface area contributed by atoms with Gasteiger partial charge in [-0.25, -0.2) is 0 Å². The summed E-state index contributed by atoms with van der Waals surface area (Å²) in [5, 5.41) is 10.6. The number of hydrogen-bond acceptors (Lipinski definition) is 4. The molecule has 0 unspecified atom stereocenters. The molecule has 0 heterocycles. The number of anilines is 1. The molecule has 0 atom stereocenters. The summed E-state index contributed by atoms with van der Waals surface area (Å²) in [5.74, 6) is -0.476. The van der Waals surface area contributed by atoms with E-state index in [1.807, 2.05) is 0 Å². The zero-order valence-electron chi connectivity index (χ0n) is 9.88. The number of ether oxygens (including phenoxy) is 1. The lowest BCUT2D eigenvalue weighted by Crippen LogP contribution is -2.03. The Bertz CT molecular complexity index is 617. The minimum Gasteiger partial charge on any atom is -0.487 e. The quantitative estimate of drug-likeness (QED) is 0.522. The van der Waals surface area contributed by atoms with Gasteiger partial charge in [0.2, 0.25) is 5.82 Å². The smallest absolute Gasteiger partial charge is 0.305 e. The van der Waals surface area contributed by atoms with Crippen LogP contribution < -0.4 is 10.5 Å². The lowest BCUT2D eigenvalue weighted by Gasteiger charge is -2.09. The molecule has 0 fully saturated rings. The molecule has 19 heavy (non-hydrogen) atoms. The predicted octanol–water partition coefficient (Wildman–Crippen LogP) is 2.90. The molecule has 0 spiro atoms. The van der Waals surface area contributed by atoms with Crippen molar-refractivity contribution in [2.45, 2.75) is 6.61 Å². The van der Waals surface area contributed by atoms with E-state index in [-0.39, 0.29) is 12.2 Å². The van der Waals surface area contributed by atoms with Crippen LogP contribution in [0, 0.1) is 15.9 Å². The van der Waals surface area contributed by atoms with Crippen molar-refractivity contribution in [3.05, 3.63) is 64.0 Å². The molecule has 0 aliphatic heterocycles. The Hall–Kier alpha value is -2.63. The fourth-order valence-corrected chi connectivity index (χ4v) is 1.59. The van der Waals surface area contributed by atoms with Gasteiger partial charge >= 0.3 is 5.69 Å². The molecule has 0 bridgehead atoms. The fourth-order valence-electron chi connectivity index (χ4n) is 1.59. The van der Waals surface area contributed by atoms with E-state index < -0.39 is 16.4 Å². The first-order chi connectivity index (χ1) is 9.09. The highest BCUT2D eigenvalue weighted by Gasteiger charge is 2.17. The first-order valence-corrected chi connectivity index (χ1v) is 5.48. The Morgan fingerprint density at radius 2 is 1.95 bits per heavy atom. The maximum absolute atomic E-state index is 13.8. The lowest BCUT2D eigenvalue weighted by molar-refractivity contribution is -0.387. The number of para-hydroxylation sites is 2. The van der Waals surface area contributed by atoms with Crippen molar-refractivity contribution in [3.8, 4) is 5.75 Å². The van der Waals surface area contributed by atoms with Gasteiger partial charge in [-0.05, 0) is 12.1 Å². The Morgan fingerprint density at radius 1 is 1.21 bits per heavy atom. The van der Waals surface area contributed by atoms with Gasteiger partial charge < -0.3 is 10.5 Å². The van der Waals surface area contributed by atoms with E-state index in [0.717, 1.165) is 6.07 Å². The van der Waals surface area contributed by atoms with Gasteiger partial charge in [-0.15, -0.1) is 0 Å². The molecule has 5 nitrogen and oxygen atoms in total. The largest absolute Gasteiger partial charge is 0.487 e. The summed E-state index contributed by atoms with van der Waals surface area (Å²) in [7, 11) is 0. The highest BCUT2D eigenvalue weighted by atomic mass is 19.1. The highest BCUT2D eigenvalue weighted by molar-refractivity contribution is 5.51. The number of rotatable bonds is 4. The molecule has 2 aromatic carbocycles. The Morgan fingerprint density at radius 3 is 2.63 bits per heavy atom. The zero-order chi connectivity index (χ0) is 13.8. The van der Waals surface area contributed by atoms with Crippen molar-refractivity contribution < 1.29 is 14.1 Å². The second-order valence-electron chi connectivity index (χ2n) is 3.83. The standard InChI is InChI=1S/C13H11FN2O3/c14-13-9(4-3-6-11(13)16(17)18)8-19-12-7-2-1-5-10(12)15/h1-7H,8,15H2. The third-order valence-electron chi connectivity index (χ3n) is 2.56.